The molecule has 7 heteroatoms. The normalized spacial score (nSPS) is 19.1. The molecule has 0 bridgehead atoms. The zero-order valence-corrected chi connectivity index (χ0v) is 15.5. The summed E-state index contributed by atoms with van der Waals surface area (Å²) in [6.45, 7) is 4.81. The number of benzene rings is 1. The van der Waals surface area contributed by atoms with Gasteiger partial charge in [0.15, 0.2) is 12.0 Å². The van der Waals surface area contributed by atoms with Gasteiger partial charge in [-0.25, -0.2) is 9.98 Å². The number of nitrogens with one attached hydrogen (secondary N) is 1. The third-order valence-corrected chi connectivity index (χ3v) is 4.17. The van der Waals surface area contributed by atoms with Crippen molar-refractivity contribution in [3.8, 4) is 0 Å². The Kier molecular flexibility index (Phi) is 5.37. The van der Waals surface area contributed by atoms with Crippen LogP contribution in [0.15, 0.2) is 39.7 Å². The van der Waals surface area contributed by atoms with Crippen molar-refractivity contribution in [2.45, 2.75) is 26.3 Å². The molecule has 2 heterocycles. The van der Waals surface area contributed by atoms with E-state index in [-0.39, 0.29) is 11.9 Å². The van der Waals surface area contributed by atoms with Crippen molar-refractivity contribution in [1.29, 1.82) is 0 Å². The predicted molar refractivity (Wildman–Crippen MR) is 100 cm³/mol. The highest BCUT2D eigenvalue weighted by molar-refractivity contribution is 6.15. The van der Waals surface area contributed by atoms with Crippen LogP contribution in [0, 0.1) is 5.92 Å². The maximum Gasteiger partial charge on any atom is 0.276 e. The van der Waals surface area contributed by atoms with E-state index in [0.29, 0.717) is 29.8 Å². The van der Waals surface area contributed by atoms with E-state index in [1.54, 1.807) is 20.2 Å². The van der Waals surface area contributed by atoms with Crippen molar-refractivity contribution in [1.82, 2.24) is 15.2 Å². The molecule has 0 radical (unpaired) electrons. The van der Waals surface area contributed by atoms with Gasteiger partial charge in [-0.2, -0.15) is 0 Å². The summed E-state index contributed by atoms with van der Waals surface area (Å²) in [7, 11) is 3.38. The van der Waals surface area contributed by atoms with Crippen LogP contribution < -0.4 is 5.32 Å². The van der Waals surface area contributed by atoms with Gasteiger partial charge in [0.1, 0.15) is 11.2 Å². The first-order valence-electron chi connectivity index (χ1n) is 8.64. The van der Waals surface area contributed by atoms with E-state index >= 15 is 0 Å². The summed E-state index contributed by atoms with van der Waals surface area (Å²) in [6.07, 6.45) is 4.09. The number of carbonyl (C=O) groups is 1. The van der Waals surface area contributed by atoms with E-state index in [1.165, 1.54) is 11.3 Å². The molecule has 26 heavy (non-hydrogen) atoms. The van der Waals surface area contributed by atoms with Crippen molar-refractivity contribution in [2.24, 2.45) is 10.9 Å². The number of methoxy groups -OCH3 is 1. The summed E-state index contributed by atoms with van der Waals surface area (Å²) in [5.74, 6) is 0.914. The Bertz CT molecular complexity index is 853. The Morgan fingerprint density at radius 3 is 2.96 bits per heavy atom. The number of ether oxygens (including phenoxy) is 1. The zero-order valence-electron chi connectivity index (χ0n) is 15.5. The van der Waals surface area contributed by atoms with Crippen LogP contribution in [0.4, 0.5) is 0 Å². The minimum absolute atomic E-state index is 0.00245. The number of aliphatic imine (C=N–C) groups is 1. The van der Waals surface area contributed by atoms with E-state index in [2.05, 4.69) is 29.1 Å². The molecule has 0 unspecified atom stereocenters. The molecule has 1 aromatic heterocycles. The molecule has 1 aliphatic heterocycles. The first kappa shape index (κ1) is 18.1. The van der Waals surface area contributed by atoms with Gasteiger partial charge < -0.3 is 14.5 Å². The number of rotatable bonds is 6. The lowest BCUT2D eigenvalue weighted by Crippen LogP contribution is -2.31. The van der Waals surface area contributed by atoms with Gasteiger partial charge in [0, 0.05) is 14.2 Å². The zero-order chi connectivity index (χ0) is 18.7. The minimum Gasteiger partial charge on any atom is -0.443 e. The topological polar surface area (TPSA) is 80.0 Å². The predicted octanol–water partition coefficient (Wildman–Crippen LogP) is 2.65. The minimum atomic E-state index is -0.123. The number of guanidine groups is 1. The Balaban J connectivity index is 1.83. The maximum atomic E-state index is 12.5. The second-order valence-corrected chi connectivity index (χ2v) is 6.82. The molecule has 1 N–H and O–H groups in total. The lowest BCUT2D eigenvalue weighted by Gasteiger charge is -2.16. The van der Waals surface area contributed by atoms with E-state index in [1.807, 2.05) is 18.2 Å². The Morgan fingerprint density at radius 1 is 1.42 bits per heavy atom. The van der Waals surface area contributed by atoms with Crippen LogP contribution in [0.25, 0.3) is 17.2 Å². The van der Waals surface area contributed by atoms with Gasteiger partial charge in [0.05, 0.1) is 12.6 Å². The van der Waals surface area contributed by atoms with Crippen LogP contribution in [-0.2, 0) is 9.53 Å². The third-order valence-electron chi connectivity index (χ3n) is 4.17. The Hall–Kier alpha value is -2.67. The number of amides is 1. The fraction of sp³-hybridized carbons (Fsp3) is 0.421. The molecule has 1 fully saturated rings. The van der Waals surface area contributed by atoms with Gasteiger partial charge >= 0.3 is 0 Å². The summed E-state index contributed by atoms with van der Waals surface area (Å²) >= 11 is 0. The number of carbonyl (C=O) groups excluding carboxylic acids is 1. The van der Waals surface area contributed by atoms with Crippen molar-refractivity contribution in [3.63, 3.8) is 0 Å². The summed E-state index contributed by atoms with van der Waals surface area (Å²) in [4.78, 5) is 22.9. The van der Waals surface area contributed by atoms with Crippen LogP contribution in [-0.4, -0.2) is 48.6 Å². The number of nitrogens with zero attached hydrogens (tertiary/aromatic N) is 3. The molecule has 7 nitrogen and oxygen atoms in total. The fourth-order valence-corrected chi connectivity index (χ4v) is 2.95. The Labute approximate surface area is 152 Å². The molecular formula is C19H24N4O3. The molecule has 1 amide bonds. The maximum absolute atomic E-state index is 12.5. The highest BCUT2D eigenvalue weighted by atomic mass is 16.5. The van der Waals surface area contributed by atoms with Gasteiger partial charge in [-0.05, 0) is 36.1 Å². The first-order valence-corrected chi connectivity index (χ1v) is 8.64. The van der Waals surface area contributed by atoms with Crippen LogP contribution in [0.1, 0.15) is 25.8 Å². The highest BCUT2D eigenvalue weighted by Crippen LogP contribution is 2.19. The van der Waals surface area contributed by atoms with Crippen LogP contribution >= 0.6 is 0 Å². The number of hydrogen-bond donors (Lipinski definition) is 1. The third kappa shape index (κ3) is 3.94. The molecule has 3 rings (SSSR count). The monoisotopic (exact) mass is 356 g/mol. The molecule has 1 aromatic carbocycles. The SMILES string of the molecule is COC[C@@H](CC(C)C)N=C1N/C(=C/c2ccc3ncoc3c2)C(=O)N1C. The summed E-state index contributed by atoms with van der Waals surface area (Å²) in [5, 5.41) is 3.13. The molecule has 0 saturated carbocycles. The Morgan fingerprint density at radius 2 is 2.23 bits per heavy atom. The molecule has 1 atom stereocenters. The molecular weight excluding hydrogens is 332 g/mol. The standard InChI is InChI=1S/C19H24N4O3/c1-12(2)7-14(10-25-4)21-19-22-16(18(24)23(19)3)8-13-5-6-15-17(9-13)26-11-20-15/h5-6,8-9,11-12,14H,7,10H2,1-4H3,(H,21,22)/b16-8+/t14-/m1/s1. The second-order valence-electron chi connectivity index (χ2n) is 6.82. The molecule has 0 spiro atoms. The molecule has 2 aromatic rings. The van der Waals surface area contributed by atoms with Gasteiger partial charge in [-0.3, -0.25) is 9.69 Å². The largest absolute Gasteiger partial charge is 0.443 e. The fourth-order valence-electron chi connectivity index (χ4n) is 2.95. The van der Waals surface area contributed by atoms with Gasteiger partial charge in [0.2, 0.25) is 5.96 Å². The van der Waals surface area contributed by atoms with Gasteiger partial charge in [0.25, 0.3) is 5.91 Å². The number of fused-ring (bicyclic) bond motifs is 1. The van der Waals surface area contributed by atoms with E-state index in [0.717, 1.165) is 17.5 Å². The van der Waals surface area contributed by atoms with E-state index in [4.69, 9.17) is 9.15 Å². The molecule has 1 saturated heterocycles. The van der Waals surface area contributed by atoms with Gasteiger partial charge in [-0.15, -0.1) is 0 Å². The smallest absolute Gasteiger partial charge is 0.276 e. The van der Waals surface area contributed by atoms with Crippen LogP contribution in [0.3, 0.4) is 0 Å². The van der Waals surface area contributed by atoms with Crippen molar-refractivity contribution >= 4 is 29.0 Å². The van der Waals surface area contributed by atoms with Crippen LogP contribution in [0.5, 0.6) is 0 Å². The number of oxazole rings is 1. The first-order chi connectivity index (χ1) is 12.5. The number of aromatic nitrogens is 1. The number of hydrogen-bond acceptors (Lipinski definition) is 5. The van der Waals surface area contributed by atoms with Crippen molar-refractivity contribution in [2.75, 3.05) is 20.8 Å². The van der Waals surface area contributed by atoms with Crippen LogP contribution in [0.2, 0.25) is 0 Å². The van der Waals surface area contributed by atoms with Crippen molar-refractivity contribution < 1.29 is 13.9 Å². The highest BCUT2D eigenvalue weighted by Gasteiger charge is 2.29. The summed E-state index contributed by atoms with van der Waals surface area (Å²) < 4.78 is 10.6. The van der Waals surface area contributed by atoms with Gasteiger partial charge in [-0.1, -0.05) is 19.9 Å². The molecule has 1 aliphatic rings. The summed E-state index contributed by atoms with van der Waals surface area (Å²) in [6, 6.07) is 5.61. The molecule has 0 aliphatic carbocycles. The lowest BCUT2D eigenvalue weighted by atomic mass is 10.1. The van der Waals surface area contributed by atoms with E-state index < -0.39 is 0 Å². The second kappa shape index (κ2) is 7.70. The average molecular weight is 356 g/mol. The number of likely N-dealkylation sites (N-methyl/N-ethyl adjacent to an activating group) is 1. The quantitative estimate of drug-likeness (QED) is 0.805. The molecule has 138 valence electrons. The van der Waals surface area contributed by atoms with E-state index in [9.17, 15) is 4.79 Å². The van der Waals surface area contributed by atoms with Crippen molar-refractivity contribution in [3.05, 3.63) is 35.9 Å². The average Bonchev–Trinajstić information content (AvgIpc) is 3.15. The summed E-state index contributed by atoms with van der Waals surface area (Å²) in [5.41, 5.74) is 2.80. The lowest BCUT2D eigenvalue weighted by molar-refractivity contribution is -0.121.